The molecule has 1 aliphatic heterocycles. The Morgan fingerprint density at radius 2 is 1.75 bits per heavy atom. The zero-order valence-corrected chi connectivity index (χ0v) is 21.2. The largest absolute Gasteiger partial charge is 0.316 e. The summed E-state index contributed by atoms with van der Waals surface area (Å²) in [7, 11) is -3.54. The molecule has 0 spiro atoms. The minimum Gasteiger partial charge on any atom is -0.316 e. The molecule has 1 saturated heterocycles. The summed E-state index contributed by atoms with van der Waals surface area (Å²) in [6, 6.07) is 12.2. The molecule has 0 aliphatic carbocycles. The molecule has 0 atom stereocenters. The highest BCUT2D eigenvalue weighted by molar-refractivity contribution is 9.10. The van der Waals surface area contributed by atoms with Crippen molar-refractivity contribution in [2.75, 3.05) is 13.1 Å². The van der Waals surface area contributed by atoms with E-state index >= 15 is 0 Å². The van der Waals surface area contributed by atoms with Crippen LogP contribution in [0.4, 0.5) is 0 Å². The highest BCUT2D eigenvalue weighted by Crippen LogP contribution is 2.23. The maximum atomic E-state index is 13.0. The standard InChI is InChI=1S/C23H26BrN3O3S2/c1-2-13-27-20-12-9-18(24)16-21(20)31-23(27)25-22(28)17-7-10-19(11-8-17)32(29,30)26-14-5-3-4-6-15-26/h7-12,16H,2-6,13-15H2,1H3. The zero-order valence-electron chi connectivity index (χ0n) is 18.0. The number of rotatable bonds is 5. The van der Waals surface area contributed by atoms with Crippen molar-refractivity contribution in [1.82, 2.24) is 8.87 Å². The Kier molecular flexibility index (Phi) is 7.29. The molecule has 1 aliphatic rings. The van der Waals surface area contributed by atoms with Crippen molar-refractivity contribution in [2.45, 2.75) is 50.5 Å². The van der Waals surface area contributed by atoms with Crippen molar-refractivity contribution < 1.29 is 13.2 Å². The molecular formula is C23H26BrN3O3S2. The number of fused-ring (bicyclic) bond motifs is 1. The Bertz CT molecular complexity index is 1290. The fraction of sp³-hybridized carbons (Fsp3) is 0.391. The van der Waals surface area contributed by atoms with Gasteiger partial charge in [0.25, 0.3) is 5.91 Å². The quantitative estimate of drug-likeness (QED) is 0.451. The summed E-state index contributed by atoms with van der Waals surface area (Å²) in [6.07, 6.45) is 4.82. The van der Waals surface area contributed by atoms with Crippen molar-refractivity contribution in [3.8, 4) is 0 Å². The Morgan fingerprint density at radius 1 is 1.06 bits per heavy atom. The van der Waals surface area contributed by atoms with Crippen molar-refractivity contribution in [3.63, 3.8) is 0 Å². The topological polar surface area (TPSA) is 71.7 Å². The molecule has 32 heavy (non-hydrogen) atoms. The van der Waals surface area contributed by atoms with Gasteiger partial charge >= 0.3 is 0 Å². The highest BCUT2D eigenvalue weighted by Gasteiger charge is 2.25. The number of amides is 1. The summed E-state index contributed by atoms with van der Waals surface area (Å²) in [5.74, 6) is -0.376. The lowest BCUT2D eigenvalue weighted by molar-refractivity contribution is 0.0997. The normalized spacial score (nSPS) is 16.4. The molecule has 2 heterocycles. The molecule has 0 bridgehead atoms. The number of aromatic nitrogens is 1. The number of hydrogen-bond acceptors (Lipinski definition) is 4. The fourth-order valence-corrected chi connectivity index (χ4v) is 7.05. The summed E-state index contributed by atoms with van der Waals surface area (Å²) in [5, 5.41) is 0. The van der Waals surface area contributed by atoms with Crippen LogP contribution < -0.4 is 4.80 Å². The third-order valence-corrected chi connectivity index (χ3v) is 9.04. The van der Waals surface area contributed by atoms with E-state index in [0.29, 0.717) is 23.5 Å². The number of sulfonamides is 1. The molecular weight excluding hydrogens is 510 g/mol. The minimum absolute atomic E-state index is 0.226. The Balaban J connectivity index is 1.63. The summed E-state index contributed by atoms with van der Waals surface area (Å²) < 4.78 is 31.6. The van der Waals surface area contributed by atoms with Crippen LogP contribution in [-0.4, -0.2) is 36.3 Å². The molecule has 1 fully saturated rings. The van der Waals surface area contributed by atoms with E-state index < -0.39 is 10.0 Å². The van der Waals surface area contributed by atoms with Crippen molar-refractivity contribution in [2.24, 2.45) is 4.99 Å². The van der Waals surface area contributed by atoms with Crippen LogP contribution in [0, 0.1) is 0 Å². The monoisotopic (exact) mass is 535 g/mol. The molecule has 0 saturated carbocycles. The van der Waals surface area contributed by atoms with Crippen LogP contribution in [0.25, 0.3) is 10.2 Å². The smallest absolute Gasteiger partial charge is 0.279 e. The van der Waals surface area contributed by atoms with Crippen LogP contribution in [0.3, 0.4) is 0 Å². The third-order valence-electron chi connectivity index (χ3n) is 5.59. The molecule has 9 heteroatoms. The number of hydrogen-bond donors (Lipinski definition) is 0. The van der Waals surface area contributed by atoms with E-state index in [-0.39, 0.29) is 10.8 Å². The number of carbonyl (C=O) groups excluding carboxylic acids is 1. The number of aryl methyl sites for hydroxylation is 1. The van der Waals surface area contributed by atoms with Crippen molar-refractivity contribution in [1.29, 1.82) is 0 Å². The van der Waals surface area contributed by atoms with Gasteiger partial charge in [0.05, 0.1) is 15.1 Å². The Labute approximate surface area is 200 Å². The van der Waals surface area contributed by atoms with Gasteiger partial charge in [-0.25, -0.2) is 8.42 Å². The second-order valence-corrected chi connectivity index (χ2v) is 11.8. The molecule has 1 amide bonds. The van der Waals surface area contributed by atoms with Gasteiger partial charge in [0.15, 0.2) is 4.80 Å². The third kappa shape index (κ3) is 4.90. The summed E-state index contributed by atoms with van der Waals surface area (Å²) >= 11 is 4.97. The number of halogens is 1. The summed E-state index contributed by atoms with van der Waals surface area (Å²) in [4.78, 5) is 18.1. The van der Waals surface area contributed by atoms with Gasteiger partial charge in [-0.2, -0.15) is 9.30 Å². The van der Waals surface area contributed by atoms with Crippen molar-refractivity contribution in [3.05, 3.63) is 57.3 Å². The van der Waals surface area contributed by atoms with Crippen LogP contribution in [0.5, 0.6) is 0 Å². The molecule has 2 aromatic carbocycles. The SMILES string of the molecule is CCCn1c(=NC(=O)c2ccc(S(=O)(=O)N3CCCCCC3)cc2)sc2cc(Br)ccc21. The molecule has 170 valence electrons. The Hall–Kier alpha value is -1.81. The number of nitrogens with zero attached hydrogens (tertiary/aromatic N) is 3. The second-order valence-electron chi connectivity index (χ2n) is 7.91. The predicted molar refractivity (Wildman–Crippen MR) is 131 cm³/mol. The van der Waals surface area contributed by atoms with Gasteiger partial charge in [0, 0.05) is 29.7 Å². The van der Waals surface area contributed by atoms with Crippen LogP contribution in [0.1, 0.15) is 49.4 Å². The molecule has 0 radical (unpaired) electrons. The molecule has 4 rings (SSSR count). The van der Waals surface area contributed by atoms with E-state index in [1.54, 1.807) is 16.4 Å². The first-order valence-corrected chi connectivity index (χ1v) is 13.9. The van der Waals surface area contributed by atoms with E-state index in [1.807, 2.05) is 18.2 Å². The zero-order chi connectivity index (χ0) is 22.7. The van der Waals surface area contributed by atoms with Gasteiger partial charge in [-0.3, -0.25) is 4.79 Å². The summed E-state index contributed by atoms with van der Waals surface area (Å²) in [6.45, 7) is 3.96. The lowest BCUT2D eigenvalue weighted by Crippen LogP contribution is -2.31. The average molecular weight is 537 g/mol. The number of thiazole rings is 1. The van der Waals surface area contributed by atoms with E-state index in [4.69, 9.17) is 0 Å². The van der Waals surface area contributed by atoms with Gasteiger partial charge in [0.1, 0.15) is 0 Å². The molecule has 1 aromatic heterocycles. The summed E-state index contributed by atoms with van der Waals surface area (Å²) in [5.41, 5.74) is 1.42. The minimum atomic E-state index is -3.54. The van der Waals surface area contributed by atoms with Crippen LogP contribution in [0.15, 0.2) is 56.8 Å². The lowest BCUT2D eigenvalue weighted by atomic mass is 10.2. The first-order chi connectivity index (χ1) is 15.4. The number of carbonyl (C=O) groups is 1. The lowest BCUT2D eigenvalue weighted by Gasteiger charge is -2.19. The van der Waals surface area contributed by atoms with Gasteiger partial charge in [-0.05, 0) is 61.7 Å². The Morgan fingerprint density at radius 3 is 2.41 bits per heavy atom. The van der Waals surface area contributed by atoms with E-state index in [2.05, 4.69) is 32.4 Å². The van der Waals surface area contributed by atoms with E-state index in [1.165, 1.54) is 23.5 Å². The fourth-order valence-electron chi connectivity index (χ4n) is 3.92. The van der Waals surface area contributed by atoms with Gasteiger partial charge < -0.3 is 4.57 Å². The predicted octanol–water partition coefficient (Wildman–Crippen LogP) is 5.18. The van der Waals surface area contributed by atoms with Crippen molar-refractivity contribution >= 4 is 53.4 Å². The average Bonchev–Trinajstić information content (AvgIpc) is 2.95. The second kappa shape index (κ2) is 9.99. The van der Waals surface area contributed by atoms with Crippen LogP contribution >= 0.6 is 27.3 Å². The first-order valence-electron chi connectivity index (χ1n) is 10.9. The molecule has 6 nitrogen and oxygen atoms in total. The maximum absolute atomic E-state index is 13.0. The number of benzene rings is 2. The highest BCUT2D eigenvalue weighted by atomic mass is 79.9. The van der Waals surface area contributed by atoms with E-state index in [0.717, 1.165) is 53.3 Å². The van der Waals surface area contributed by atoms with Crippen LogP contribution in [-0.2, 0) is 16.6 Å². The molecule has 0 unspecified atom stereocenters. The molecule has 3 aromatic rings. The van der Waals surface area contributed by atoms with Gasteiger partial charge in [-0.15, -0.1) is 0 Å². The maximum Gasteiger partial charge on any atom is 0.279 e. The van der Waals surface area contributed by atoms with E-state index in [9.17, 15) is 13.2 Å². The van der Waals surface area contributed by atoms with Gasteiger partial charge in [0.2, 0.25) is 10.0 Å². The molecule has 0 N–H and O–H groups in total. The van der Waals surface area contributed by atoms with Gasteiger partial charge in [-0.1, -0.05) is 47.0 Å². The first kappa shape index (κ1) is 23.4. The van der Waals surface area contributed by atoms with Crippen LogP contribution in [0.2, 0.25) is 0 Å².